The topological polar surface area (TPSA) is 96.3 Å². The number of H-pyrrole nitrogens is 1. The van der Waals surface area contributed by atoms with Gasteiger partial charge >= 0.3 is 0 Å². The van der Waals surface area contributed by atoms with Gasteiger partial charge in [-0.2, -0.15) is 0 Å². The molecule has 4 N–H and O–H groups in total. The monoisotopic (exact) mass is 415 g/mol. The first-order valence-electron chi connectivity index (χ1n) is 10.7. The number of aromatic amines is 1. The summed E-state index contributed by atoms with van der Waals surface area (Å²) in [4.78, 5) is 22.2. The summed E-state index contributed by atoms with van der Waals surface area (Å²) in [6.07, 6.45) is 5.62. The number of fused-ring (bicyclic) bond motifs is 1. The molecule has 4 heterocycles. The number of nitrogens with zero attached hydrogens (tertiary/aromatic N) is 2. The minimum absolute atomic E-state index is 0.0653. The molecule has 0 aliphatic carbocycles. The Bertz CT molecular complexity index is 981. The van der Waals surface area contributed by atoms with Gasteiger partial charge in [0, 0.05) is 54.9 Å². The van der Waals surface area contributed by atoms with Crippen molar-refractivity contribution in [1.82, 2.24) is 14.9 Å². The number of alkyl halides is 1. The second-order valence-electron chi connectivity index (χ2n) is 8.20. The van der Waals surface area contributed by atoms with Crippen LogP contribution in [0, 0.1) is 6.92 Å². The maximum Gasteiger partial charge on any atom is 0.251 e. The minimum Gasteiger partial charge on any atom is -0.377 e. The van der Waals surface area contributed by atoms with Gasteiger partial charge in [-0.3, -0.25) is 4.79 Å². The highest BCUT2D eigenvalue weighted by atomic mass is 19.1. The number of piperidine rings is 1. The quantitative estimate of drug-likeness (QED) is 0.669. The maximum atomic E-state index is 13.6. The molecule has 1 saturated heterocycles. The van der Waals surface area contributed by atoms with Gasteiger partial charge in [0.2, 0.25) is 0 Å². The number of nitrogens with two attached hydrogens (primary N) is 1. The van der Waals surface area contributed by atoms with Crippen LogP contribution in [0.1, 0.15) is 30.4 Å². The van der Waals surface area contributed by atoms with Crippen molar-refractivity contribution < 1.29 is 9.13 Å². The Labute approximate surface area is 175 Å². The highest BCUT2D eigenvalue weighted by Crippen LogP contribution is 2.31. The minimum atomic E-state index is -0.972. The lowest BCUT2D eigenvalue weighted by Crippen LogP contribution is -2.43. The van der Waals surface area contributed by atoms with Crippen LogP contribution in [0.3, 0.4) is 0 Å². The fourth-order valence-electron chi connectivity index (χ4n) is 4.24. The molecule has 2 aromatic rings. The van der Waals surface area contributed by atoms with Gasteiger partial charge in [0.1, 0.15) is 6.17 Å². The Hall–Kier alpha value is -2.29. The van der Waals surface area contributed by atoms with E-state index in [9.17, 15) is 9.18 Å². The smallest absolute Gasteiger partial charge is 0.251 e. The molecule has 2 aromatic heterocycles. The lowest BCUT2D eigenvalue weighted by atomic mass is 9.98. The zero-order valence-corrected chi connectivity index (χ0v) is 17.4. The molecular weight excluding hydrogens is 385 g/mol. The van der Waals surface area contributed by atoms with E-state index < -0.39 is 6.17 Å². The van der Waals surface area contributed by atoms with Crippen LogP contribution in [0.5, 0.6) is 0 Å². The molecule has 30 heavy (non-hydrogen) atoms. The second kappa shape index (κ2) is 9.24. The van der Waals surface area contributed by atoms with Gasteiger partial charge in [0.25, 0.3) is 5.56 Å². The third-order valence-electron chi connectivity index (χ3n) is 6.03. The molecule has 1 atom stereocenters. The van der Waals surface area contributed by atoms with Crippen LogP contribution in [0.4, 0.5) is 10.2 Å². The molecule has 2 aliphatic heterocycles. The largest absolute Gasteiger partial charge is 0.377 e. The van der Waals surface area contributed by atoms with E-state index in [-0.39, 0.29) is 18.1 Å². The van der Waals surface area contributed by atoms with E-state index >= 15 is 0 Å². The molecule has 1 fully saturated rings. The summed E-state index contributed by atoms with van der Waals surface area (Å²) in [5.41, 5.74) is 8.97. The van der Waals surface area contributed by atoms with E-state index in [0.29, 0.717) is 31.1 Å². The van der Waals surface area contributed by atoms with E-state index in [4.69, 9.17) is 10.5 Å². The normalized spacial score (nSPS) is 19.6. The molecule has 4 rings (SSSR count). The molecule has 2 aliphatic rings. The molecule has 7 nitrogen and oxygen atoms in total. The summed E-state index contributed by atoms with van der Waals surface area (Å²) in [5, 5.41) is 4.52. The van der Waals surface area contributed by atoms with Gasteiger partial charge in [-0.25, -0.2) is 9.37 Å². The molecule has 0 aromatic carbocycles. The van der Waals surface area contributed by atoms with Gasteiger partial charge in [0.05, 0.1) is 18.7 Å². The van der Waals surface area contributed by atoms with Crippen molar-refractivity contribution in [2.45, 2.75) is 38.4 Å². The number of rotatable bonds is 6. The predicted octanol–water partition coefficient (Wildman–Crippen LogP) is 2.21. The van der Waals surface area contributed by atoms with Gasteiger partial charge < -0.3 is 25.7 Å². The average Bonchev–Trinajstić information content (AvgIpc) is 2.77. The highest BCUT2D eigenvalue weighted by Gasteiger charge is 2.23. The van der Waals surface area contributed by atoms with Crippen molar-refractivity contribution in [1.29, 1.82) is 0 Å². The van der Waals surface area contributed by atoms with Crippen LogP contribution in [-0.4, -0.2) is 66.5 Å². The molecule has 8 heteroatoms. The number of nitrogens with one attached hydrogen (secondary N) is 2. The van der Waals surface area contributed by atoms with Crippen molar-refractivity contribution in [2.75, 3.05) is 44.7 Å². The van der Waals surface area contributed by atoms with Crippen LogP contribution >= 0.6 is 0 Å². The van der Waals surface area contributed by atoms with E-state index in [2.05, 4.69) is 26.3 Å². The van der Waals surface area contributed by atoms with Crippen molar-refractivity contribution in [3.63, 3.8) is 0 Å². The molecule has 0 spiro atoms. The number of hydrogen-bond donors (Lipinski definition) is 3. The third kappa shape index (κ3) is 4.55. The second-order valence-corrected chi connectivity index (χ2v) is 8.20. The van der Waals surface area contributed by atoms with E-state index in [1.54, 1.807) is 0 Å². The van der Waals surface area contributed by atoms with E-state index in [1.807, 2.05) is 19.2 Å². The first kappa shape index (κ1) is 21.0. The lowest BCUT2D eigenvalue weighted by molar-refractivity contribution is 0.161. The Morgan fingerprint density at radius 3 is 2.93 bits per heavy atom. The summed E-state index contributed by atoms with van der Waals surface area (Å²) in [7, 11) is 0. The van der Waals surface area contributed by atoms with Crippen molar-refractivity contribution in [3.8, 4) is 0 Å². The van der Waals surface area contributed by atoms with Crippen LogP contribution < -0.4 is 16.6 Å². The van der Waals surface area contributed by atoms with Crippen molar-refractivity contribution >= 4 is 22.3 Å². The summed E-state index contributed by atoms with van der Waals surface area (Å²) in [5.74, 6) is 0.697. The number of aromatic nitrogens is 2. The zero-order chi connectivity index (χ0) is 21.1. The SMILES string of the molecule is Cc1cc2c(C3=CCOCC3)cnc(NC3CCN(CC(F)CN)CC3)c2[nH]c1=O. The predicted molar refractivity (Wildman–Crippen MR) is 118 cm³/mol. The summed E-state index contributed by atoms with van der Waals surface area (Å²) < 4.78 is 19.0. The summed E-state index contributed by atoms with van der Waals surface area (Å²) >= 11 is 0. The fourth-order valence-corrected chi connectivity index (χ4v) is 4.24. The molecule has 1 unspecified atom stereocenters. The Morgan fingerprint density at radius 2 is 2.23 bits per heavy atom. The van der Waals surface area contributed by atoms with Crippen LogP contribution in [-0.2, 0) is 4.74 Å². The summed E-state index contributed by atoms with van der Waals surface area (Å²) in [6.45, 7) is 5.20. The highest BCUT2D eigenvalue weighted by molar-refractivity contribution is 5.97. The number of pyridine rings is 2. The van der Waals surface area contributed by atoms with Crippen molar-refractivity contribution in [3.05, 3.63) is 39.8 Å². The zero-order valence-electron chi connectivity index (χ0n) is 17.4. The van der Waals surface area contributed by atoms with E-state index in [1.165, 1.54) is 5.57 Å². The van der Waals surface area contributed by atoms with Crippen LogP contribution in [0.15, 0.2) is 23.1 Å². The Kier molecular flexibility index (Phi) is 6.46. The van der Waals surface area contributed by atoms with Crippen LogP contribution in [0.2, 0.25) is 0 Å². The number of anilines is 1. The average molecular weight is 416 g/mol. The molecule has 0 amide bonds. The number of likely N-dealkylation sites (tertiary alicyclic amines) is 1. The summed E-state index contributed by atoms with van der Waals surface area (Å²) in [6, 6.07) is 2.18. The third-order valence-corrected chi connectivity index (χ3v) is 6.03. The fraction of sp³-hybridized carbons (Fsp3) is 0.545. The van der Waals surface area contributed by atoms with Crippen LogP contribution in [0.25, 0.3) is 16.5 Å². The number of ether oxygens (including phenoxy) is 1. The molecular formula is C22H30FN5O2. The van der Waals surface area contributed by atoms with Gasteiger partial charge in [-0.15, -0.1) is 0 Å². The molecule has 0 radical (unpaired) electrons. The van der Waals surface area contributed by atoms with Crippen molar-refractivity contribution in [2.24, 2.45) is 5.73 Å². The van der Waals surface area contributed by atoms with E-state index in [0.717, 1.165) is 48.8 Å². The Balaban J connectivity index is 1.57. The lowest BCUT2D eigenvalue weighted by Gasteiger charge is -2.33. The molecule has 0 saturated carbocycles. The molecule has 162 valence electrons. The van der Waals surface area contributed by atoms with Gasteiger partial charge in [-0.1, -0.05) is 6.08 Å². The van der Waals surface area contributed by atoms with Gasteiger partial charge in [0.15, 0.2) is 5.82 Å². The number of aryl methyl sites for hydroxylation is 1. The Morgan fingerprint density at radius 1 is 1.43 bits per heavy atom. The standard InChI is InChI=1S/C22H30FN5O2/c1-14-10-18-19(15-4-8-30-9-5-15)12-25-21(20(18)27-22(14)29)26-17-2-6-28(7-3-17)13-16(23)11-24/h4,10,12,16-17H,2-3,5-9,11,13,24H2,1H3,(H,25,26)(H,27,29). The van der Waals surface area contributed by atoms with Gasteiger partial charge in [-0.05, 0) is 37.8 Å². The molecule has 0 bridgehead atoms. The first-order valence-corrected chi connectivity index (χ1v) is 10.7. The number of halogens is 1. The number of hydrogen-bond acceptors (Lipinski definition) is 6. The maximum absolute atomic E-state index is 13.6. The first-order chi connectivity index (χ1) is 14.5.